The van der Waals surface area contributed by atoms with Crippen LogP contribution in [0.2, 0.25) is 0 Å². The highest BCUT2D eigenvalue weighted by molar-refractivity contribution is 5.06. The van der Waals surface area contributed by atoms with Gasteiger partial charge in [0.1, 0.15) is 0 Å². The first-order valence-corrected chi connectivity index (χ1v) is 9.79. The van der Waals surface area contributed by atoms with Crippen molar-refractivity contribution in [3.05, 3.63) is 127 Å². The molecule has 0 amide bonds. The average Bonchev–Trinajstić information content (AvgIpc) is 2.79. The Kier molecular flexibility index (Phi) is 17.2. The van der Waals surface area contributed by atoms with Crippen LogP contribution in [0.1, 0.15) is 30.7 Å². The fourth-order valence-electron chi connectivity index (χ4n) is 1.71. The van der Waals surface area contributed by atoms with Crippen LogP contribution in [-0.4, -0.2) is 15.0 Å². The molecule has 4 rings (SSSR count). The molecule has 29 heavy (non-hydrogen) atoms. The van der Waals surface area contributed by atoms with Crippen LogP contribution < -0.4 is 0 Å². The van der Waals surface area contributed by atoms with E-state index < -0.39 is 0 Å². The van der Waals surface area contributed by atoms with Crippen molar-refractivity contribution in [1.29, 1.82) is 0 Å². The Labute approximate surface area is 176 Å². The van der Waals surface area contributed by atoms with Gasteiger partial charge in [-0.15, -0.1) is 0 Å². The molecule has 3 aromatic heterocycles. The summed E-state index contributed by atoms with van der Waals surface area (Å²) in [4.78, 5) is 11.7. The first kappa shape index (κ1) is 25.7. The average molecular weight is 388 g/mol. The third-order valence-corrected chi connectivity index (χ3v) is 3.14. The van der Waals surface area contributed by atoms with Gasteiger partial charge in [0.25, 0.3) is 0 Å². The topological polar surface area (TPSA) is 38.7 Å². The maximum Gasteiger partial charge on any atom is 0.0372 e. The Morgan fingerprint density at radius 3 is 1.31 bits per heavy atom. The Hall–Kier alpha value is -3.33. The molecule has 0 bridgehead atoms. The predicted octanol–water partition coefficient (Wildman–Crippen LogP) is 6.88. The van der Waals surface area contributed by atoms with E-state index in [0.29, 0.717) is 0 Å². The number of benzene rings is 1. The van der Waals surface area contributed by atoms with Gasteiger partial charge < -0.3 is 0 Å². The number of nitrogens with zero attached hydrogens (tertiary/aromatic N) is 3. The number of hydrogen-bond donors (Lipinski definition) is 0. The van der Waals surface area contributed by atoms with Gasteiger partial charge in [-0.3, -0.25) is 15.0 Å². The molecule has 3 heteroatoms. The maximum absolute atomic E-state index is 3.98. The van der Waals surface area contributed by atoms with Gasteiger partial charge in [0.15, 0.2) is 0 Å². The molecule has 4 aromatic rings. The zero-order valence-corrected chi connectivity index (χ0v) is 18.2. The summed E-state index contributed by atoms with van der Waals surface area (Å²) in [7, 11) is 0. The number of rotatable bonds is 0. The molecule has 0 saturated heterocycles. The molecular weight excluding hydrogens is 354 g/mol. The minimum absolute atomic E-state index is 1.07. The second-order valence-electron chi connectivity index (χ2n) is 5.68. The summed E-state index contributed by atoms with van der Waals surface area (Å²) in [5.41, 5.74) is 3.54. The van der Waals surface area contributed by atoms with E-state index in [4.69, 9.17) is 0 Å². The predicted molar refractivity (Wildman–Crippen MR) is 125 cm³/mol. The Morgan fingerprint density at radius 2 is 1.07 bits per heavy atom. The molecule has 0 spiro atoms. The van der Waals surface area contributed by atoms with Crippen LogP contribution in [0.4, 0.5) is 0 Å². The van der Waals surface area contributed by atoms with E-state index in [1.54, 1.807) is 24.8 Å². The van der Waals surface area contributed by atoms with Gasteiger partial charge >= 0.3 is 0 Å². The molecule has 3 heterocycles. The molecule has 0 N–H and O–H groups in total. The van der Waals surface area contributed by atoms with Crippen LogP contribution in [0.25, 0.3) is 0 Å². The first-order chi connectivity index (χ1) is 14.2. The summed E-state index contributed by atoms with van der Waals surface area (Å²) < 4.78 is 0. The van der Waals surface area contributed by atoms with Crippen LogP contribution in [0, 0.1) is 20.8 Å². The molecular formula is C26H33N3. The zero-order chi connectivity index (χ0) is 21.6. The van der Waals surface area contributed by atoms with Crippen molar-refractivity contribution < 1.29 is 0 Å². The third kappa shape index (κ3) is 17.8. The van der Waals surface area contributed by atoms with Crippen LogP contribution in [0.15, 0.2) is 110 Å². The highest BCUT2D eigenvalue weighted by Gasteiger charge is 1.74. The molecule has 0 unspecified atom stereocenters. The van der Waals surface area contributed by atoms with Gasteiger partial charge in [-0.05, 0) is 62.2 Å². The Balaban J connectivity index is 0.000000351. The maximum atomic E-state index is 3.98. The van der Waals surface area contributed by atoms with Crippen molar-refractivity contribution in [2.75, 3.05) is 0 Å². The van der Waals surface area contributed by atoms with Crippen molar-refractivity contribution in [3.8, 4) is 0 Å². The number of aryl methyl sites for hydroxylation is 3. The SMILES string of the molecule is CC.Cc1ccccn1.Cc1cccnc1.Cc1ccncc1.c1ccccc1. The van der Waals surface area contributed by atoms with Gasteiger partial charge in [0.05, 0.1) is 0 Å². The normalized spacial score (nSPS) is 8.17. The summed E-state index contributed by atoms with van der Waals surface area (Å²) in [6.07, 6.45) is 8.97. The monoisotopic (exact) mass is 387 g/mol. The van der Waals surface area contributed by atoms with Crippen LogP contribution in [0.5, 0.6) is 0 Å². The van der Waals surface area contributed by atoms with Crippen molar-refractivity contribution in [2.24, 2.45) is 0 Å². The van der Waals surface area contributed by atoms with Gasteiger partial charge in [-0.1, -0.05) is 62.4 Å². The second kappa shape index (κ2) is 19.4. The summed E-state index contributed by atoms with van der Waals surface area (Å²) in [6.45, 7) is 10.0. The van der Waals surface area contributed by atoms with Crippen LogP contribution in [-0.2, 0) is 0 Å². The van der Waals surface area contributed by atoms with Gasteiger partial charge in [0.2, 0.25) is 0 Å². The van der Waals surface area contributed by atoms with E-state index >= 15 is 0 Å². The van der Waals surface area contributed by atoms with Crippen LogP contribution >= 0.6 is 0 Å². The molecule has 0 radical (unpaired) electrons. The molecule has 0 aliphatic heterocycles. The van der Waals surface area contributed by atoms with Gasteiger partial charge in [-0.2, -0.15) is 0 Å². The Bertz CT molecular complexity index is 674. The van der Waals surface area contributed by atoms with E-state index in [0.717, 1.165) is 5.69 Å². The fraction of sp³-hybridized carbons (Fsp3) is 0.192. The molecule has 3 nitrogen and oxygen atoms in total. The summed E-state index contributed by atoms with van der Waals surface area (Å²) in [6, 6.07) is 25.7. The summed E-state index contributed by atoms with van der Waals surface area (Å²) in [5, 5.41) is 0. The first-order valence-electron chi connectivity index (χ1n) is 9.79. The number of pyridine rings is 3. The van der Waals surface area contributed by atoms with Crippen molar-refractivity contribution in [2.45, 2.75) is 34.6 Å². The van der Waals surface area contributed by atoms with E-state index in [2.05, 4.69) is 15.0 Å². The van der Waals surface area contributed by atoms with E-state index in [9.17, 15) is 0 Å². The summed E-state index contributed by atoms with van der Waals surface area (Å²) >= 11 is 0. The summed E-state index contributed by atoms with van der Waals surface area (Å²) in [5.74, 6) is 0. The number of aromatic nitrogens is 3. The highest BCUT2D eigenvalue weighted by Crippen LogP contribution is 1.89. The van der Waals surface area contributed by atoms with Gasteiger partial charge in [0, 0.05) is 36.7 Å². The molecule has 152 valence electrons. The standard InChI is InChI=1S/3C6H7N.C6H6.C2H6/c1-6-2-4-7-5-3-6;1-6-3-2-4-7-5-6;1-6-4-2-3-5-7-6;1-2-4-6-5-3-1;1-2/h3*2-5H,1H3;1-6H;1-2H3. The minimum atomic E-state index is 1.07. The zero-order valence-electron chi connectivity index (χ0n) is 18.2. The lowest BCUT2D eigenvalue weighted by Gasteiger charge is -1.82. The van der Waals surface area contributed by atoms with Gasteiger partial charge in [-0.25, -0.2) is 0 Å². The highest BCUT2D eigenvalue weighted by atomic mass is 14.6. The van der Waals surface area contributed by atoms with E-state index in [1.807, 2.05) is 120 Å². The van der Waals surface area contributed by atoms with E-state index in [1.165, 1.54) is 11.1 Å². The molecule has 0 aliphatic rings. The Morgan fingerprint density at radius 1 is 0.483 bits per heavy atom. The fourth-order valence-corrected chi connectivity index (χ4v) is 1.71. The number of hydrogen-bond acceptors (Lipinski definition) is 3. The van der Waals surface area contributed by atoms with E-state index in [-0.39, 0.29) is 0 Å². The molecule has 0 atom stereocenters. The second-order valence-corrected chi connectivity index (χ2v) is 5.68. The van der Waals surface area contributed by atoms with Crippen molar-refractivity contribution in [1.82, 2.24) is 15.0 Å². The molecule has 0 fully saturated rings. The lowest BCUT2D eigenvalue weighted by atomic mass is 10.3. The molecule has 0 saturated carbocycles. The molecule has 1 aromatic carbocycles. The quantitative estimate of drug-likeness (QED) is 0.330. The largest absolute Gasteiger partial charge is 0.265 e. The molecule has 0 aliphatic carbocycles. The lowest BCUT2D eigenvalue weighted by Crippen LogP contribution is -1.72. The smallest absolute Gasteiger partial charge is 0.0372 e. The lowest BCUT2D eigenvalue weighted by molar-refractivity contribution is 1.20. The third-order valence-electron chi connectivity index (χ3n) is 3.14. The van der Waals surface area contributed by atoms with Crippen LogP contribution in [0.3, 0.4) is 0 Å². The van der Waals surface area contributed by atoms with Crippen molar-refractivity contribution >= 4 is 0 Å². The van der Waals surface area contributed by atoms with Crippen molar-refractivity contribution in [3.63, 3.8) is 0 Å². The minimum Gasteiger partial charge on any atom is -0.265 e.